The molecule has 0 spiro atoms. The van der Waals surface area contributed by atoms with Crippen molar-refractivity contribution in [1.82, 2.24) is 19.3 Å². The van der Waals surface area contributed by atoms with Gasteiger partial charge in [0, 0.05) is 30.5 Å². The molecule has 6 heteroatoms. The second kappa shape index (κ2) is 7.92. The predicted octanol–water partition coefficient (Wildman–Crippen LogP) is 5.14. The molecule has 6 nitrogen and oxygen atoms in total. The Kier molecular flexibility index (Phi) is 4.82. The molecule has 3 atom stereocenters. The standard InChI is InChI=1S/C29H25N5O/c1-19-23-14-15-25-27(29(23,16-24(30-2)26(19)35)21-10-6-4-7-11-21)32-28(20-17-31-33(3)18-20)34(25)22-12-8-5-9-13-22/h4-13,16-19,23H,14-15H2,1,3H3/t19-,23-,29+/m0/s1. The molecule has 172 valence electrons. The second-order valence-electron chi connectivity index (χ2n) is 9.48. The predicted molar refractivity (Wildman–Crippen MR) is 134 cm³/mol. The first kappa shape index (κ1) is 21.3. The summed E-state index contributed by atoms with van der Waals surface area (Å²) in [5, 5.41) is 4.41. The third-order valence-corrected chi connectivity index (χ3v) is 7.62. The number of aromatic nitrogens is 4. The molecule has 35 heavy (non-hydrogen) atoms. The van der Waals surface area contributed by atoms with Crippen molar-refractivity contribution in [2.45, 2.75) is 25.2 Å². The Morgan fingerprint density at radius 3 is 2.46 bits per heavy atom. The van der Waals surface area contributed by atoms with E-state index in [0.717, 1.165) is 46.9 Å². The second-order valence-corrected chi connectivity index (χ2v) is 9.48. The summed E-state index contributed by atoms with van der Waals surface area (Å²) >= 11 is 0. The molecule has 2 heterocycles. The van der Waals surface area contributed by atoms with Crippen LogP contribution in [0.15, 0.2) is 84.8 Å². The van der Waals surface area contributed by atoms with Crippen LogP contribution < -0.4 is 0 Å². The SMILES string of the molecule is [C-]#[N+]C1=C[C@]2(c3ccccc3)c3nc(-c4cnn(C)c4)n(-c4ccccc4)c3CC[C@H]2[C@H](C)C1=O. The van der Waals surface area contributed by atoms with Crippen molar-refractivity contribution in [3.63, 3.8) is 0 Å². The largest absolute Gasteiger partial charge is 0.308 e. The van der Waals surface area contributed by atoms with E-state index in [1.165, 1.54) is 0 Å². The van der Waals surface area contributed by atoms with Gasteiger partial charge in [0.25, 0.3) is 0 Å². The summed E-state index contributed by atoms with van der Waals surface area (Å²) in [4.78, 5) is 22.1. The molecule has 0 radical (unpaired) electrons. The fourth-order valence-corrected chi connectivity index (χ4v) is 6.05. The number of imidazole rings is 1. The van der Waals surface area contributed by atoms with E-state index < -0.39 is 5.41 Å². The lowest BCUT2D eigenvalue weighted by molar-refractivity contribution is -0.121. The Bertz CT molecular complexity index is 1510. The molecule has 2 aliphatic rings. The van der Waals surface area contributed by atoms with Crippen molar-refractivity contribution in [3.05, 3.63) is 113 Å². The van der Waals surface area contributed by atoms with E-state index in [0.29, 0.717) is 0 Å². The normalized spacial score (nSPS) is 23.2. The number of benzene rings is 2. The van der Waals surface area contributed by atoms with Gasteiger partial charge in [-0.25, -0.2) is 9.83 Å². The van der Waals surface area contributed by atoms with Crippen molar-refractivity contribution in [2.24, 2.45) is 18.9 Å². The highest BCUT2D eigenvalue weighted by molar-refractivity contribution is 6.00. The number of aryl methyl sites for hydroxylation is 1. The Balaban J connectivity index is 1.72. The molecule has 6 rings (SSSR count). The maximum atomic E-state index is 13.1. The summed E-state index contributed by atoms with van der Waals surface area (Å²) in [6.07, 6.45) is 7.37. The van der Waals surface area contributed by atoms with Crippen molar-refractivity contribution in [2.75, 3.05) is 0 Å². The molecule has 0 amide bonds. The fraction of sp³-hybridized carbons (Fsp3) is 0.241. The van der Waals surface area contributed by atoms with Crippen LogP contribution in [0.5, 0.6) is 0 Å². The lowest BCUT2D eigenvalue weighted by Crippen LogP contribution is -2.48. The number of ketones is 1. The average Bonchev–Trinajstić information content (AvgIpc) is 3.51. The maximum absolute atomic E-state index is 13.1. The number of carbonyl (C=O) groups excluding carboxylic acids is 1. The van der Waals surface area contributed by atoms with E-state index in [2.05, 4.69) is 38.8 Å². The Labute approximate surface area is 204 Å². The van der Waals surface area contributed by atoms with Crippen LogP contribution in [-0.2, 0) is 23.7 Å². The topological polar surface area (TPSA) is 57.1 Å². The van der Waals surface area contributed by atoms with Gasteiger partial charge >= 0.3 is 0 Å². The van der Waals surface area contributed by atoms with E-state index >= 15 is 0 Å². The molecule has 2 aliphatic carbocycles. The first-order chi connectivity index (χ1) is 17.0. The van der Waals surface area contributed by atoms with Gasteiger partial charge in [0.05, 0.1) is 29.4 Å². The van der Waals surface area contributed by atoms with Gasteiger partial charge in [-0.2, -0.15) is 5.10 Å². The van der Waals surface area contributed by atoms with Crippen LogP contribution in [0.1, 0.15) is 30.3 Å². The summed E-state index contributed by atoms with van der Waals surface area (Å²) in [5.74, 6) is 0.528. The van der Waals surface area contributed by atoms with Gasteiger partial charge in [0.1, 0.15) is 5.82 Å². The molecule has 2 aromatic heterocycles. The van der Waals surface area contributed by atoms with Crippen LogP contribution in [0.4, 0.5) is 0 Å². The summed E-state index contributed by atoms with van der Waals surface area (Å²) < 4.78 is 4.02. The maximum Gasteiger partial charge on any atom is 0.226 e. The summed E-state index contributed by atoms with van der Waals surface area (Å²) in [5.41, 5.74) is 4.65. The molecule has 0 saturated heterocycles. The van der Waals surface area contributed by atoms with Crippen LogP contribution >= 0.6 is 0 Å². The fourth-order valence-electron chi connectivity index (χ4n) is 6.05. The number of nitrogens with zero attached hydrogens (tertiary/aromatic N) is 5. The minimum absolute atomic E-state index is 0.0243. The average molecular weight is 460 g/mol. The van der Waals surface area contributed by atoms with Gasteiger partial charge in [0.15, 0.2) is 5.78 Å². The number of fused-ring (bicyclic) bond motifs is 3. The zero-order valence-electron chi connectivity index (χ0n) is 19.7. The van der Waals surface area contributed by atoms with Crippen molar-refractivity contribution >= 4 is 5.78 Å². The van der Waals surface area contributed by atoms with E-state index in [9.17, 15) is 4.79 Å². The number of hydrogen-bond donors (Lipinski definition) is 0. The van der Waals surface area contributed by atoms with Crippen molar-refractivity contribution in [1.29, 1.82) is 0 Å². The van der Waals surface area contributed by atoms with Gasteiger partial charge in [-0.15, -0.1) is 0 Å². The van der Waals surface area contributed by atoms with E-state index in [1.807, 2.05) is 68.8 Å². The third-order valence-electron chi connectivity index (χ3n) is 7.62. The Hall–Kier alpha value is -4.24. The molecule has 4 aromatic rings. The smallest absolute Gasteiger partial charge is 0.226 e. The lowest BCUT2D eigenvalue weighted by Gasteiger charge is -2.47. The van der Waals surface area contributed by atoms with Gasteiger partial charge in [0.2, 0.25) is 5.70 Å². The quantitative estimate of drug-likeness (QED) is 0.399. The minimum Gasteiger partial charge on any atom is -0.308 e. The van der Waals surface area contributed by atoms with Crippen molar-refractivity contribution < 1.29 is 4.79 Å². The first-order valence-corrected chi connectivity index (χ1v) is 11.9. The Morgan fingerprint density at radius 2 is 1.80 bits per heavy atom. The van der Waals surface area contributed by atoms with Crippen LogP contribution in [0.3, 0.4) is 0 Å². The van der Waals surface area contributed by atoms with Crippen LogP contribution in [-0.4, -0.2) is 25.1 Å². The molecular formula is C29H25N5O. The summed E-state index contributed by atoms with van der Waals surface area (Å²) in [6, 6.07) is 20.5. The molecule has 0 saturated carbocycles. The van der Waals surface area contributed by atoms with E-state index in [4.69, 9.17) is 11.6 Å². The molecule has 0 aliphatic heterocycles. The number of allylic oxidation sites excluding steroid dienone is 2. The lowest BCUT2D eigenvalue weighted by atomic mass is 9.55. The number of hydrogen-bond acceptors (Lipinski definition) is 3. The number of carbonyl (C=O) groups is 1. The molecule has 0 N–H and O–H groups in total. The van der Waals surface area contributed by atoms with Crippen LogP contribution in [0.2, 0.25) is 0 Å². The van der Waals surface area contributed by atoms with Crippen LogP contribution in [0.25, 0.3) is 21.9 Å². The van der Waals surface area contributed by atoms with Gasteiger partial charge in [-0.3, -0.25) is 9.25 Å². The molecule has 0 unspecified atom stereocenters. The summed E-state index contributed by atoms with van der Waals surface area (Å²) in [6.45, 7) is 9.75. The number of Topliss-reactive ketones (excluding diaryl/α,β-unsaturated/α-hetero) is 1. The molecule has 2 aromatic carbocycles. The third kappa shape index (κ3) is 3.05. The molecule has 0 bridgehead atoms. The monoisotopic (exact) mass is 459 g/mol. The molecule has 0 fully saturated rings. The number of rotatable bonds is 3. The highest BCUT2D eigenvalue weighted by Gasteiger charge is 2.53. The van der Waals surface area contributed by atoms with Gasteiger partial charge < -0.3 is 4.79 Å². The number of para-hydroxylation sites is 1. The van der Waals surface area contributed by atoms with Crippen LogP contribution in [0, 0.1) is 18.4 Å². The van der Waals surface area contributed by atoms with Gasteiger partial charge in [-0.05, 0) is 36.5 Å². The highest BCUT2D eigenvalue weighted by Crippen LogP contribution is 2.54. The van der Waals surface area contributed by atoms with E-state index in [-0.39, 0.29) is 23.3 Å². The summed E-state index contributed by atoms with van der Waals surface area (Å²) in [7, 11) is 1.90. The zero-order valence-corrected chi connectivity index (χ0v) is 19.7. The molecular weight excluding hydrogens is 434 g/mol. The first-order valence-electron chi connectivity index (χ1n) is 11.9. The van der Waals surface area contributed by atoms with E-state index in [1.54, 1.807) is 4.68 Å². The van der Waals surface area contributed by atoms with Crippen molar-refractivity contribution in [3.8, 4) is 17.1 Å². The Morgan fingerprint density at radius 1 is 1.09 bits per heavy atom. The minimum atomic E-state index is -0.654. The van der Waals surface area contributed by atoms with Gasteiger partial charge in [-0.1, -0.05) is 61.5 Å². The highest BCUT2D eigenvalue weighted by atomic mass is 16.1. The zero-order chi connectivity index (χ0) is 24.2.